The summed E-state index contributed by atoms with van der Waals surface area (Å²) in [4.78, 5) is 12.6. The Morgan fingerprint density at radius 3 is 2.09 bits per heavy atom. The van der Waals surface area contributed by atoms with Crippen molar-refractivity contribution in [1.29, 1.82) is 0 Å². The number of amides is 1. The van der Waals surface area contributed by atoms with Crippen molar-refractivity contribution in [2.24, 2.45) is 0 Å². The van der Waals surface area contributed by atoms with Crippen LogP contribution in [0.25, 0.3) is 0 Å². The second-order valence-corrected chi connectivity index (χ2v) is 9.70. The highest BCUT2D eigenvalue weighted by molar-refractivity contribution is 7.92. The normalized spacial score (nSPS) is 12.3. The minimum absolute atomic E-state index is 0.0700. The molecule has 0 spiro atoms. The Balaban J connectivity index is 1.64. The maximum atomic E-state index is 12.6. The summed E-state index contributed by atoms with van der Waals surface area (Å²) in [7, 11) is -3.77. The Morgan fingerprint density at radius 1 is 0.875 bits per heavy atom. The summed E-state index contributed by atoms with van der Waals surface area (Å²) in [5, 5.41) is 3.26. The first-order valence-corrected chi connectivity index (χ1v) is 12.0. The van der Waals surface area contributed by atoms with E-state index in [9.17, 15) is 13.2 Å². The van der Waals surface area contributed by atoms with Crippen LogP contribution in [0.5, 0.6) is 5.75 Å². The molecule has 0 fully saturated rings. The predicted molar refractivity (Wildman–Crippen MR) is 128 cm³/mol. The number of para-hydroxylation sites is 1. The average Bonchev–Trinajstić information content (AvgIpc) is 2.76. The van der Waals surface area contributed by atoms with E-state index in [1.807, 2.05) is 24.3 Å². The van der Waals surface area contributed by atoms with Crippen LogP contribution in [0.2, 0.25) is 5.02 Å². The molecule has 1 atom stereocenters. The van der Waals surface area contributed by atoms with E-state index >= 15 is 0 Å². The van der Waals surface area contributed by atoms with Gasteiger partial charge in [0.25, 0.3) is 15.9 Å². The lowest BCUT2D eigenvalue weighted by molar-refractivity contribution is -0.122. The molecule has 1 amide bonds. The molecule has 0 aliphatic carbocycles. The number of ether oxygens (including phenoxy) is 1. The van der Waals surface area contributed by atoms with Gasteiger partial charge in [0.15, 0.2) is 6.10 Å². The minimum atomic E-state index is -3.77. The third kappa shape index (κ3) is 6.02. The molecule has 0 aromatic heterocycles. The van der Waals surface area contributed by atoms with Crippen molar-refractivity contribution in [2.45, 2.75) is 37.7 Å². The minimum Gasteiger partial charge on any atom is -0.481 e. The molecule has 32 heavy (non-hydrogen) atoms. The summed E-state index contributed by atoms with van der Waals surface area (Å²) in [5.74, 6) is 0.593. The van der Waals surface area contributed by atoms with Crippen LogP contribution in [-0.4, -0.2) is 20.4 Å². The van der Waals surface area contributed by atoms with Crippen molar-refractivity contribution in [3.8, 4) is 5.75 Å². The number of hydrogen-bond donors (Lipinski definition) is 2. The Morgan fingerprint density at radius 2 is 1.47 bits per heavy atom. The number of anilines is 2. The maximum absolute atomic E-state index is 12.6. The molecule has 3 rings (SSSR count). The van der Waals surface area contributed by atoms with Gasteiger partial charge in [-0.25, -0.2) is 8.42 Å². The van der Waals surface area contributed by atoms with Crippen LogP contribution in [0.1, 0.15) is 32.3 Å². The monoisotopic (exact) mass is 472 g/mol. The van der Waals surface area contributed by atoms with E-state index < -0.39 is 16.1 Å². The van der Waals surface area contributed by atoms with Gasteiger partial charge >= 0.3 is 0 Å². The van der Waals surface area contributed by atoms with Gasteiger partial charge in [0, 0.05) is 16.4 Å². The lowest BCUT2D eigenvalue weighted by Gasteiger charge is -2.18. The molecular weight excluding hydrogens is 448 g/mol. The van der Waals surface area contributed by atoms with E-state index in [-0.39, 0.29) is 16.7 Å². The fraction of sp³-hybridized carbons (Fsp3) is 0.208. The van der Waals surface area contributed by atoms with Crippen molar-refractivity contribution in [3.63, 3.8) is 0 Å². The molecule has 0 saturated carbocycles. The van der Waals surface area contributed by atoms with Gasteiger partial charge in [-0.2, -0.15) is 0 Å². The van der Waals surface area contributed by atoms with E-state index in [0.717, 1.165) is 5.56 Å². The standard InChI is InChI=1S/C24H25ClN2O4S/c1-16(2)22-6-4-5-7-23(22)31-17(3)24(28)26-19-12-14-21(15-13-19)32(29,30)27-20-10-8-18(25)9-11-20/h4-17,27H,1-3H3,(H,26,28). The van der Waals surface area contributed by atoms with E-state index in [4.69, 9.17) is 16.3 Å². The van der Waals surface area contributed by atoms with Gasteiger partial charge in [-0.3, -0.25) is 9.52 Å². The first kappa shape index (κ1) is 23.6. The Kier molecular flexibility index (Phi) is 7.43. The largest absolute Gasteiger partial charge is 0.481 e. The third-order valence-corrected chi connectivity index (χ3v) is 6.39. The number of benzene rings is 3. The van der Waals surface area contributed by atoms with Crippen LogP contribution < -0.4 is 14.8 Å². The molecule has 0 bridgehead atoms. The third-order valence-electron chi connectivity index (χ3n) is 4.74. The Bertz CT molecular complexity index is 1180. The molecular formula is C24H25ClN2O4S. The van der Waals surface area contributed by atoms with Gasteiger partial charge in [0.2, 0.25) is 0 Å². The van der Waals surface area contributed by atoms with Gasteiger partial charge < -0.3 is 10.1 Å². The Labute approximate surface area is 193 Å². The molecule has 3 aromatic rings. The molecule has 0 aliphatic rings. The highest BCUT2D eigenvalue weighted by atomic mass is 35.5. The summed E-state index contributed by atoms with van der Waals surface area (Å²) in [6, 6.07) is 19.9. The number of nitrogens with one attached hydrogen (secondary N) is 2. The second-order valence-electron chi connectivity index (χ2n) is 7.58. The smallest absolute Gasteiger partial charge is 0.265 e. The molecule has 2 N–H and O–H groups in total. The molecule has 3 aromatic carbocycles. The number of hydrogen-bond acceptors (Lipinski definition) is 4. The van der Waals surface area contributed by atoms with Crippen LogP contribution in [0.3, 0.4) is 0 Å². The summed E-state index contributed by atoms with van der Waals surface area (Å²) >= 11 is 5.83. The number of rotatable bonds is 8. The van der Waals surface area contributed by atoms with Crippen molar-refractivity contribution < 1.29 is 17.9 Å². The molecule has 8 heteroatoms. The van der Waals surface area contributed by atoms with Gasteiger partial charge in [-0.15, -0.1) is 0 Å². The zero-order valence-corrected chi connectivity index (χ0v) is 19.6. The molecule has 0 saturated heterocycles. The van der Waals surface area contributed by atoms with Gasteiger partial charge in [-0.1, -0.05) is 43.6 Å². The summed E-state index contributed by atoms with van der Waals surface area (Å²) in [6.45, 7) is 5.79. The lowest BCUT2D eigenvalue weighted by atomic mass is 10.0. The quantitative estimate of drug-likeness (QED) is 0.442. The van der Waals surface area contributed by atoms with E-state index in [1.54, 1.807) is 31.2 Å². The van der Waals surface area contributed by atoms with Gasteiger partial charge in [-0.05, 0) is 73.0 Å². The number of sulfonamides is 1. The molecule has 0 radical (unpaired) electrons. The van der Waals surface area contributed by atoms with Crippen molar-refractivity contribution in [2.75, 3.05) is 10.0 Å². The highest BCUT2D eigenvalue weighted by Crippen LogP contribution is 2.27. The van der Waals surface area contributed by atoms with Gasteiger partial charge in [0.1, 0.15) is 5.75 Å². The van der Waals surface area contributed by atoms with Crippen LogP contribution in [0, 0.1) is 0 Å². The summed E-state index contributed by atoms with van der Waals surface area (Å²) < 4.78 is 33.5. The highest BCUT2D eigenvalue weighted by Gasteiger charge is 2.18. The van der Waals surface area contributed by atoms with E-state index in [2.05, 4.69) is 23.9 Å². The number of carbonyl (C=O) groups excluding carboxylic acids is 1. The Hall–Kier alpha value is -3.03. The van der Waals surface area contributed by atoms with Crippen LogP contribution in [-0.2, 0) is 14.8 Å². The number of carbonyl (C=O) groups is 1. The molecule has 168 valence electrons. The van der Waals surface area contributed by atoms with Crippen molar-refractivity contribution >= 4 is 38.9 Å². The van der Waals surface area contributed by atoms with Gasteiger partial charge in [0.05, 0.1) is 4.90 Å². The summed E-state index contributed by atoms with van der Waals surface area (Å²) in [5.41, 5.74) is 1.89. The van der Waals surface area contributed by atoms with Crippen LogP contribution in [0.4, 0.5) is 11.4 Å². The molecule has 0 aliphatic heterocycles. The lowest BCUT2D eigenvalue weighted by Crippen LogP contribution is -2.30. The van der Waals surface area contributed by atoms with Crippen molar-refractivity contribution in [3.05, 3.63) is 83.4 Å². The SMILES string of the molecule is CC(Oc1ccccc1C(C)C)C(=O)Nc1ccc(S(=O)(=O)Nc2ccc(Cl)cc2)cc1. The van der Waals surface area contributed by atoms with E-state index in [1.165, 1.54) is 24.3 Å². The van der Waals surface area contributed by atoms with Crippen molar-refractivity contribution in [1.82, 2.24) is 0 Å². The summed E-state index contributed by atoms with van der Waals surface area (Å²) in [6.07, 6.45) is -0.732. The predicted octanol–water partition coefficient (Wildman–Crippen LogP) is 5.67. The molecule has 1 unspecified atom stereocenters. The molecule has 6 nitrogen and oxygen atoms in total. The maximum Gasteiger partial charge on any atom is 0.265 e. The zero-order valence-electron chi connectivity index (χ0n) is 18.0. The second kappa shape index (κ2) is 10.1. The number of halogens is 1. The first-order valence-electron chi connectivity index (χ1n) is 10.1. The molecule has 0 heterocycles. The fourth-order valence-corrected chi connectivity index (χ4v) is 4.19. The van der Waals surface area contributed by atoms with Crippen LogP contribution in [0.15, 0.2) is 77.7 Å². The fourth-order valence-electron chi connectivity index (χ4n) is 3.00. The van der Waals surface area contributed by atoms with E-state index in [0.29, 0.717) is 22.1 Å². The zero-order chi connectivity index (χ0) is 23.3. The first-order chi connectivity index (χ1) is 15.2. The topological polar surface area (TPSA) is 84.5 Å². The average molecular weight is 473 g/mol. The van der Waals surface area contributed by atoms with Crippen LogP contribution >= 0.6 is 11.6 Å².